The van der Waals surface area contributed by atoms with Crippen molar-refractivity contribution in [1.82, 2.24) is 9.78 Å². The Bertz CT molecular complexity index is 559. The van der Waals surface area contributed by atoms with Crippen LogP contribution in [0.4, 0.5) is 17.1 Å². The first-order valence-electron chi connectivity index (χ1n) is 5.22. The molecule has 0 spiro atoms. The lowest BCUT2D eigenvalue weighted by Gasteiger charge is -2.07. The van der Waals surface area contributed by atoms with E-state index < -0.39 is 0 Å². The van der Waals surface area contributed by atoms with Crippen LogP contribution in [-0.2, 0) is 7.05 Å². The number of Topliss-reactive ketones (excluding diaryl/α,β-unsaturated/α-hetero) is 1. The van der Waals surface area contributed by atoms with Gasteiger partial charge in [0.25, 0.3) is 0 Å². The van der Waals surface area contributed by atoms with E-state index in [0.717, 1.165) is 11.4 Å². The third kappa shape index (κ3) is 2.44. The lowest BCUT2D eigenvalue weighted by atomic mass is 10.1. The molecule has 0 saturated carbocycles. The third-order valence-corrected chi connectivity index (χ3v) is 2.42. The van der Waals surface area contributed by atoms with Crippen molar-refractivity contribution in [2.75, 3.05) is 11.1 Å². The van der Waals surface area contributed by atoms with Crippen LogP contribution in [0.3, 0.4) is 0 Å². The molecule has 0 aliphatic carbocycles. The zero-order chi connectivity index (χ0) is 12.4. The van der Waals surface area contributed by atoms with Crippen molar-refractivity contribution in [2.24, 2.45) is 7.05 Å². The number of benzene rings is 1. The number of aryl methyl sites for hydroxylation is 1. The molecular weight excluding hydrogens is 216 g/mol. The number of rotatable bonds is 3. The molecule has 2 rings (SSSR count). The number of carbonyl (C=O) groups excluding carboxylic acids is 1. The minimum atomic E-state index is -0.0320. The molecule has 5 heteroatoms. The fourth-order valence-corrected chi connectivity index (χ4v) is 1.61. The second kappa shape index (κ2) is 4.29. The van der Waals surface area contributed by atoms with Gasteiger partial charge >= 0.3 is 0 Å². The number of nitrogens with one attached hydrogen (secondary N) is 1. The molecule has 5 nitrogen and oxygen atoms in total. The van der Waals surface area contributed by atoms with Crippen molar-refractivity contribution >= 4 is 22.8 Å². The summed E-state index contributed by atoms with van der Waals surface area (Å²) in [6, 6.07) is 5.28. The average molecular weight is 230 g/mol. The van der Waals surface area contributed by atoms with Gasteiger partial charge in [-0.1, -0.05) is 0 Å². The largest absolute Gasteiger partial charge is 0.398 e. The van der Waals surface area contributed by atoms with Crippen LogP contribution < -0.4 is 11.1 Å². The number of nitrogens with two attached hydrogens (primary N) is 1. The van der Waals surface area contributed by atoms with Crippen molar-refractivity contribution in [3.8, 4) is 0 Å². The second-order valence-electron chi connectivity index (χ2n) is 3.89. The Hall–Kier alpha value is -2.30. The maximum atomic E-state index is 11.2. The highest BCUT2D eigenvalue weighted by atomic mass is 16.1. The summed E-state index contributed by atoms with van der Waals surface area (Å²) in [5.41, 5.74) is 8.53. The Balaban J connectivity index is 2.23. The molecule has 1 heterocycles. The summed E-state index contributed by atoms with van der Waals surface area (Å²) >= 11 is 0. The van der Waals surface area contributed by atoms with Crippen molar-refractivity contribution in [3.63, 3.8) is 0 Å². The molecule has 1 aromatic carbocycles. The van der Waals surface area contributed by atoms with E-state index in [2.05, 4.69) is 10.4 Å². The fraction of sp³-hybridized carbons (Fsp3) is 0.167. The molecule has 0 aliphatic rings. The summed E-state index contributed by atoms with van der Waals surface area (Å²) in [4.78, 5) is 11.2. The predicted molar refractivity (Wildman–Crippen MR) is 67.3 cm³/mol. The van der Waals surface area contributed by atoms with Crippen LogP contribution in [0, 0.1) is 0 Å². The summed E-state index contributed by atoms with van der Waals surface area (Å²) < 4.78 is 1.70. The van der Waals surface area contributed by atoms with Crippen LogP contribution in [-0.4, -0.2) is 15.6 Å². The highest BCUT2D eigenvalue weighted by Crippen LogP contribution is 2.21. The number of carbonyl (C=O) groups is 1. The van der Waals surface area contributed by atoms with E-state index in [1.165, 1.54) is 6.92 Å². The number of anilines is 3. The van der Waals surface area contributed by atoms with E-state index in [-0.39, 0.29) is 5.78 Å². The van der Waals surface area contributed by atoms with E-state index in [9.17, 15) is 4.79 Å². The lowest BCUT2D eigenvalue weighted by Crippen LogP contribution is -2.00. The quantitative estimate of drug-likeness (QED) is 0.624. The number of nitrogens with zero attached hydrogens (tertiary/aromatic N) is 2. The number of hydrogen-bond acceptors (Lipinski definition) is 4. The van der Waals surface area contributed by atoms with Crippen molar-refractivity contribution in [1.29, 1.82) is 0 Å². The van der Waals surface area contributed by atoms with Gasteiger partial charge in [0.05, 0.1) is 11.9 Å². The fourth-order valence-electron chi connectivity index (χ4n) is 1.61. The number of nitrogen functional groups attached to an aromatic ring is 1. The highest BCUT2D eigenvalue weighted by molar-refractivity contribution is 5.99. The van der Waals surface area contributed by atoms with Gasteiger partial charge < -0.3 is 11.1 Å². The molecule has 2 aromatic rings. The van der Waals surface area contributed by atoms with E-state index in [4.69, 9.17) is 5.73 Å². The Morgan fingerprint density at radius 1 is 1.41 bits per heavy atom. The van der Waals surface area contributed by atoms with Gasteiger partial charge in [-0.3, -0.25) is 9.48 Å². The molecule has 0 aliphatic heterocycles. The van der Waals surface area contributed by atoms with E-state index >= 15 is 0 Å². The average Bonchev–Trinajstić information content (AvgIpc) is 2.63. The third-order valence-electron chi connectivity index (χ3n) is 2.42. The van der Waals surface area contributed by atoms with Gasteiger partial charge in [0.2, 0.25) is 0 Å². The van der Waals surface area contributed by atoms with Crippen molar-refractivity contribution in [2.45, 2.75) is 6.92 Å². The standard InChI is InChI=1S/C12H14N4O/c1-8(17)11-4-3-9(5-12(11)13)15-10-6-14-16(2)7-10/h3-7,15H,13H2,1-2H3. The molecule has 0 amide bonds. The zero-order valence-electron chi connectivity index (χ0n) is 9.77. The van der Waals surface area contributed by atoms with Crippen LogP contribution in [0.2, 0.25) is 0 Å². The molecule has 3 N–H and O–H groups in total. The van der Waals surface area contributed by atoms with Gasteiger partial charge in [-0.05, 0) is 25.1 Å². The van der Waals surface area contributed by atoms with Crippen LogP contribution >= 0.6 is 0 Å². The van der Waals surface area contributed by atoms with Crippen molar-refractivity contribution < 1.29 is 4.79 Å². The molecule has 0 bridgehead atoms. The maximum Gasteiger partial charge on any atom is 0.161 e. The predicted octanol–water partition coefficient (Wildman–Crippen LogP) is 1.95. The molecule has 0 fully saturated rings. The molecule has 1 aromatic heterocycles. The number of aromatic nitrogens is 2. The molecule has 88 valence electrons. The van der Waals surface area contributed by atoms with Gasteiger partial charge in [0.1, 0.15) is 0 Å². The Kier molecular flexibility index (Phi) is 2.82. The summed E-state index contributed by atoms with van der Waals surface area (Å²) in [6.07, 6.45) is 3.57. The Morgan fingerprint density at radius 2 is 2.18 bits per heavy atom. The SMILES string of the molecule is CC(=O)c1ccc(Nc2cnn(C)c2)cc1N. The Morgan fingerprint density at radius 3 is 2.71 bits per heavy atom. The first-order chi connectivity index (χ1) is 8.06. The van der Waals surface area contributed by atoms with Crippen LogP contribution in [0.15, 0.2) is 30.6 Å². The van der Waals surface area contributed by atoms with E-state index in [0.29, 0.717) is 11.3 Å². The Labute approximate surface area is 99.2 Å². The molecule has 0 atom stereocenters. The minimum absolute atomic E-state index is 0.0320. The first kappa shape index (κ1) is 11.2. The molecule has 17 heavy (non-hydrogen) atoms. The number of ketones is 1. The monoisotopic (exact) mass is 230 g/mol. The van der Waals surface area contributed by atoms with Gasteiger partial charge in [-0.2, -0.15) is 5.10 Å². The second-order valence-corrected chi connectivity index (χ2v) is 3.89. The first-order valence-corrected chi connectivity index (χ1v) is 5.22. The molecule has 0 unspecified atom stereocenters. The van der Waals surface area contributed by atoms with Gasteiger partial charge in [0, 0.05) is 30.2 Å². The molecule has 0 saturated heterocycles. The smallest absolute Gasteiger partial charge is 0.161 e. The van der Waals surface area contributed by atoms with Crippen LogP contribution in [0.1, 0.15) is 17.3 Å². The summed E-state index contributed by atoms with van der Waals surface area (Å²) in [6.45, 7) is 1.50. The maximum absolute atomic E-state index is 11.2. The minimum Gasteiger partial charge on any atom is -0.398 e. The van der Waals surface area contributed by atoms with E-state index in [1.54, 1.807) is 23.0 Å². The van der Waals surface area contributed by atoms with E-state index in [1.807, 2.05) is 19.3 Å². The van der Waals surface area contributed by atoms with Gasteiger partial charge in [-0.15, -0.1) is 0 Å². The topological polar surface area (TPSA) is 72.9 Å². The molecular formula is C12H14N4O. The highest BCUT2D eigenvalue weighted by Gasteiger charge is 2.05. The lowest BCUT2D eigenvalue weighted by molar-refractivity contribution is 0.101. The summed E-state index contributed by atoms with van der Waals surface area (Å²) in [5.74, 6) is -0.0320. The van der Waals surface area contributed by atoms with Gasteiger partial charge in [-0.25, -0.2) is 0 Å². The summed E-state index contributed by atoms with van der Waals surface area (Å²) in [7, 11) is 1.85. The van der Waals surface area contributed by atoms with Gasteiger partial charge in [0.15, 0.2) is 5.78 Å². The van der Waals surface area contributed by atoms with Crippen LogP contribution in [0.5, 0.6) is 0 Å². The van der Waals surface area contributed by atoms with Crippen LogP contribution in [0.25, 0.3) is 0 Å². The molecule has 0 radical (unpaired) electrons. The summed E-state index contributed by atoms with van der Waals surface area (Å²) in [5, 5.41) is 7.21. The number of hydrogen-bond donors (Lipinski definition) is 2. The van der Waals surface area contributed by atoms with Crippen molar-refractivity contribution in [3.05, 3.63) is 36.2 Å². The zero-order valence-corrected chi connectivity index (χ0v) is 9.77. The normalized spacial score (nSPS) is 10.2.